The minimum absolute atomic E-state index is 0. The van der Waals surface area contributed by atoms with Crippen molar-refractivity contribution >= 4 is 41.0 Å². The molecule has 1 aliphatic heterocycles. The molecule has 0 bridgehead atoms. The first-order chi connectivity index (χ1) is 10.1. The number of fused-ring (bicyclic) bond motifs is 1. The Bertz CT molecular complexity index is 656. The third-order valence-corrected chi connectivity index (χ3v) is 4.37. The van der Waals surface area contributed by atoms with Gasteiger partial charge in [-0.15, -0.1) is 24.0 Å². The van der Waals surface area contributed by atoms with Crippen LogP contribution in [0, 0.1) is 5.92 Å². The minimum Gasteiger partial charge on any atom is -0.370 e. The molecule has 3 rings (SSSR count). The Balaban J connectivity index is 0.00000176. The Morgan fingerprint density at radius 2 is 2.00 bits per heavy atom. The molecule has 0 saturated carbocycles. The zero-order valence-electron chi connectivity index (χ0n) is 13.2. The maximum atomic E-state index is 6.12. The van der Waals surface area contributed by atoms with Gasteiger partial charge in [0.2, 0.25) is 0 Å². The Morgan fingerprint density at radius 3 is 2.68 bits per heavy atom. The summed E-state index contributed by atoms with van der Waals surface area (Å²) in [6.45, 7) is 4.85. The number of aromatic nitrogens is 2. The van der Waals surface area contributed by atoms with Gasteiger partial charge in [0, 0.05) is 20.1 Å². The largest absolute Gasteiger partial charge is 0.370 e. The molecular formula is C16H24IN5. The number of piperidine rings is 1. The monoisotopic (exact) mass is 413 g/mol. The Hall–Kier alpha value is -1.31. The lowest BCUT2D eigenvalue weighted by Gasteiger charge is -2.30. The fourth-order valence-electron chi connectivity index (χ4n) is 2.83. The first-order valence-electron chi connectivity index (χ1n) is 7.60. The molecule has 5 nitrogen and oxygen atoms in total. The van der Waals surface area contributed by atoms with Gasteiger partial charge >= 0.3 is 0 Å². The van der Waals surface area contributed by atoms with Crippen LogP contribution in [0.25, 0.3) is 11.0 Å². The van der Waals surface area contributed by atoms with E-state index in [2.05, 4.69) is 32.4 Å². The van der Waals surface area contributed by atoms with E-state index in [4.69, 9.17) is 5.73 Å². The second-order valence-corrected chi connectivity index (χ2v) is 5.92. The summed E-state index contributed by atoms with van der Waals surface area (Å²) in [4.78, 5) is 11.3. The lowest BCUT2D eigenvalue weighted by Crippen LogP contribution is -2.42. The maximum absolute atomic E-state index is 6.12. The summed E-state index contributed by atoms with van der Waals surface area (Å²) in [6.07, 6.45) is 2.39. The van der Waals surface area contributed by atoms with E-state index >= 15 is 0 Å². The molecule has 1 aromatic carbocycles. The summed E-state index contributed by atoms with van der Waals surface area (Å²) in [6, 6.07) is 8.13. The van der Waals surface area contributed by atoms with Crippen LogP contribution in [-0.4, -0.2) is 33.5 Å². The van der Waals surface area contributed by atoms with Gasteiger partial charge in [0.1, 0.15) is 12.4 Å². The van der Waals surface area contributed by atoms with Crippen LogP contribution < -0.4 is 5.73 Å². The highest BCUT2D eigenvalue weighted by Crippen LogP contribution is 2.17. The molecular weight excluding hydrogens is 389 g/mol. The lowest BCUT2D eigenvalue weighted by atomic mass is 10.00. The van der Waals surface area contributed by atoms with Crippen LogP contribution in [0.15, 0.2) is 29.3 Å². The van der Waals surface area contributed by atoms with Crippen molar-refractivity contribution in [2.75, 3.05) is 13.1 Å². The molecule has 2 N–H and O–H groups in total. The van der Waals surface area contributed by atoms with Crippen molar-refractivity contribution in [1.29, 1.82) is 0 Å². The average molecular weight is 413 g/mol. The second kappa shape index (κ2) is 7.30. The zero-order valence-corrected chi connectivity index (χ0v) is 15.5. The normalized spacial score (nSPS) is 16.8. The van der Waals surface area contributed by atoms with Gasteiger partial charge in [0.05, 0.1) is 11.0 Å². The molecule has 0 radical (unpaired) electrons. The van der Waals surface area contributed by atoms with Crippen LogP contribution in [-0.2, 0) is 13.6 Å². The minimum atomic E-state index is 0. The van der Waals surface area contributed by atoms with E-state index in [0.29, 0.717) is 12.5 Å². The van der Waals surface area contributed by atoms with Crippen molar-refractivity contribution in [3.8, 4) is 0 Å². The van der Waals surface area contributed by atoms with Gasteiger partial charge < -0.3 is 15.2 Å². The number of hydrogen-bond donors (Lipinski definition) is 1. The first-order valence-corrected chi connectivity index (χ1v) is 7.60. The fraction of sp³-hybridized carbons (Fsp3) is 0.500. The molecule has 1 aliphatic rings. The summed E-state index contributed by atoms with van der Waals surface area (Å²) >= 11 is 0. The van der Waals surface area contributed by atoms with Gasteiger partial charge in [-0.3, -0.25) is 0 Å². The fourth-order valence-corrected chi connectivity index (χ4v) is 2.83. The van der Waals surface area contributed by atoms with Crippen LogP contribution >= 0.6 is 24.0 Å². The summed E-state index contributed by atoms with van der Waals surface area (Å²) in [5.74, 6) is 2.40. The summed E-state index contributed by atoms with van der Waals surface area (Å²) in [5, 5.41) is 0. The van der Waals surface area contributed by atoms with E-state index in [1.165, 1.54) is 12.8 Å². The third-order valence-electron chi connectivity index (χ3n) is 4.37. The second-order valence-electron chi connectivity index (χ2n) is 5.92. The van der Waals surface area contributed by atoms with Gasteiger partial charge in [-0.2, -0.15) is 0 Å². The molecule has 2 aromatic rings. The molecule has 120 valence electrons. The number of para-hydroxylation sites is 2. The van der Waals surface area contributed by atoms with Gasteiger partial charge in [0.25, 0.3) is 0 Å². The van der Waals surface area contributed by atoms with E-state index in [0.717, 1.165) is 35.9 Å². The summed E-state index contributed by atoms with van der Waals surface area (Å²) in [7, 11) is 2.03. The number of hydrogen-bond acceptors (Lipinski definition) is 2. The van der Waals surface area contributed by atoms with Gasteiger partial charge in [0.15, 0.2) is 5.96 Å². The summed E-state index contributed by atoms with van der Waals surface area (Å²) < 4.78 is 2.09. The molecule has 6 heteroatoms. The number of nitrogens with zero attached hydrogens (tertiary/aromatic N) is 4. The van der Waals surface area contributed by atoms with Crippen LogP contribution in [0.2, 0.25) is 0 Å². The van der Waals surface area contributed by atoms with E-state index in [1.54, 1.807) is 0 Å². The number of likely N-dealkylation sites (tertiary alicyclic amines) is 1. The zero-order chi connectivity index (χ0) is 14.8. The highest BCUT2D eigenvalue weighted by atomic mass is 127. The molecule has 1 saturated heterocycles. The Labute approximate surface area is 148 Å². The third kappa shape index (κ3) is 3.53. The standard InChI is InChI=1S/C16H23N5.HI/c1-12-7-9-21(10-8-12)16(17)18-11-15-19-13-5-3-4-6-14(13)20(15)2;/h3-6,12H,7-11H2,1-2H3,(H2,17,18);1H. The van der Waals surface area contributed by atoms with Gasteiger partial charge in [-0.25, -0.2) is 9.98 Å². The van der Waals surface area contributed by atoms with Crippen molar-refractivity contribution in [2.45, 2.75) is 26.3 Å². The molecule has 0 aliphatic carbocycles. The quantitative estimate of drug-likeness (QED) is 0.468. The van der Waals surface area contributed by atoms with Crippen LogP contribution in [0.3, 0.4) is 0 Å². The number of aryl methyl sites for hydroxylation is 1. The highest BCUT2D eigenvalue weighted by Gasteiger charge is 2.17. The van der Waals surface area contributed by atoms with Crippen LogP contribution in [0.4, 0.5) is 0 Å². The number of aliphatic imine (C=N–C) groups is 1. The predicted molar refractivity (Wildman–Crippen MR) is 101 cm³/mol. The predicted octanol–water partition coefficient (Wildman–Crippen LogP) is 2.74. The molecule has 0 atom stereocenters. The number of nitrogens with two attached hydrogens (primary N) is 1. The first kappa shape index (κ1) is 17.1. The van der Waals surface area contributed by atoms with Crippen molar-refractivity contribution < 1.29 is 0 Å². The molecule has 0 amide bonds. The highest BCUT2D eigenvalue weighted by molar-refractivity contribution is 14.0. The number of rotatable bonds is 2. The van der Waals surface area contributed by atoms with Gasteiger partial charge in [-0.1, -0.05) is 19.1 Å². The molecule has 1 aromatic heterocycles. The Kier molecular flexibility index (Phi) is 5.66. The van der Waals surface area contributed by atoms with Crippen LogP contribution in [0.1, 0.15) is 25.6 Å². The lowest BCUT2D eigenvalue weighted by molar-refractivity contribution is 0.277. The SMILES string of the molecule is CC1CCN(C(N)=NCc2nc3ccccc3n2C)CC1.I. The number of benzene rings is 1. The van der Waals surface area contributed by atoms with Crippen molar-refractivity contribution in [3.05, 3.63) is 30.1 Å². The summed E-state index contributed by atoms with van der Waals surface area (Å²) in [5.41, 5.74) is 8.27. The van der Waals surface area contributed by atoms with Gasteiger partial charge in [-0.05, 0) is 30.9 Å². The average Bonchev–Trinajstić information content (AvgIpc) is 2.82. The number of guanidine groups is 1. The molecule has 0 unspecified atom stereocenters. The van der Waals surface area contributed by atoms with Crippen molar-refractivity contribution in [2.24, 2.45) is 23.7 Å². The van der Waals surface area contributed by atoms with Crippen molar-refractivity contribution in [1.82, 2.24) is 14.5 Å². The number of halogens is 1. The molecule has 1 fully saturated rings. The molecule has 0 spiro atoms. The topological polar surface area (TPSA) is 59.4 Å². The van der Waals surface area contributed by atoms with E-state index in [-0.39, 0.29) is 24.0 Å². The van der Waals surface area contributed by atoms with E-state index in [1.807, 2.05) is 25.2 Å². The van der Waals surface area contributed by atoms with E-state index < -0.39 is 0 Å². The van der Waals surface area contributed by atoms with E-state index in [9.17, 15) is 0 Å². The molecule has 2 heterocycles. The smallest absolute Gasteiger partial charge is 0.191 e. The number of imidazole rings is 1. The van der Waals surface area contributed by atoms with Crippen LogP contribution in [0.5, 0.6) is 0 Å². The molecule has 22 heavy (non-hydrogen) atoms. The Morgan fingerprint density at radius 1 is 1.32 bits per heavy atom. The van der Waals surface area contributed by atoms with Crippen molar-refractivity contribution in [3.63, 3.8) is 0 Å². The maximum Gasteiger partial charge on any atom is 0.191 e.